The third-order valence-corrected chi connectivity index (χ3v) is 3.88. The van der Waals surface area contributed by atoms with Crippen LogP contribution in [0.5, 0.6) is 0 Å². The van der Waals surface area contributed by atoms with Crippen LogP contribution >= 0.6 is 12.4 Å². The van der Waals surface area contributed by atoms with Crippen molar-refractivity contribution in [2.75, 3.05) is 26.2 Å². The summed E-state index contributed by atoms with van der Waals surface area (Å²) in [5, 5.41) is 0. The Kier molecular flexibility index (Phi) is 6.93. The molecule has 0 aliphatic carbocycles. The van der Waals surface area contributed by atoms with Gasteiger partial charge in [-0.25, -0.2) is 0 Å². The van der Waals surface area contributed by atoms with Crippen molar-refractivity contribution < 1.29 is 4.79 Å². The molecule has 1 amide bonds. The Morgan fingerprint density at radius 1 is 1.14 bits per heavy atom. The summed E-state index contributed by atoms with van der Waals surface area (Å²) in [6.45, 7) is 11.3. The maximum absolute atomic E-state index is 12.0. The van der Waals surface area contributed by atoms with E-state index in [4.69, 9.17) is 0 Å². The number of hydrogen-bond acceptors (Lipinski definition) is 2. The summed E-state index contributed by atoms with van der Waals surface area (Å²) < 4.78 is 0. The van der Waals surface area contributed by atoms with E-state index >= 15 is 0 Å². The molecule has 0 saturated carbocycles. The number of hydrogen-bond donors (Lipinski definition) is 0. The number of rotatable bonds is 4. The Morgan fingerprint density at radius 3 is 2.19 bits per heavy atom. The predicted octanol–water partition coefficient (Wildman–Crippen LogP) is 3.14. The van der Waals surface area contributed by atoms with Gasteiger partial charge in [-0.2, -0.15) is 0 Å². The fourth-order valence-corrected chi connectivity index (χ4v) is 2.73. The van der Waals surface area contributed by atoms with Crippen molar-refractivity contribution in [2.45, 2.75) is 19.9 Å². The third-order valence-electron chi connectivity index (χ3n) is 3.88. The van der Waals surface area contributed by atoms with Gasteiger partial charge in [0, 0.05) is 32.1 Å². The molecule has 1 heterocycles. The Morgan fingerprint density at radius 2 is 1.71 bits per heavy atom. The molecule has 0 bridgehead atoms. The molecular formula is C17H25ClN2O. The molecule has 1 aliphatic rings. The van der Waals surface area contributed by atoms with Crippen molar-refractivity contribution >= 4 is 18.3 Å². The van der Waals surface area contributed by atoms with Crippen molar-refractivity contribution in [1.82, 2.24) is 9.80 Å². The van der Waals surface area contributed by atoms with E-state index < -0.39 is 0 Å². The Hall–Kier alpha value is -1.32. The van der Waals surface area contributed by atoms with Crippen LogP contribution in [0.4, 0.5) is 0 Å². The molecule has 3 nitrogen and oxygen atoms in total. The molecule has 116 valence electrons. The summed E-state index contributed by atoms with van der Waals surface area (Å²) in [5.74, 6) is 0.352. The average Bonchev–Trinajstić information content (AvgIpc) is 2.49. The summed E-state index contributed by atoms with van der Waals surface area (Å²) in [6.07, 6.45) is 2.00. The standard InChI is InChI=1S/C17H24N2O.ClH/c1-4-16(15-8-6-5-7-9-15)18-10-12-19(13-11-18)17(20)14(2)3;/h4-9,14,16H,1,10-13H2,2-3H3;1H. The molecule has 1 atom stereocenters. The largest absolute Gasteiger partial charge is 0.340 e. The summed E-state index contributed by atoms with van der Waals surface area (Å²) >= 11 is 0. The van der Waals surface area contributed by atoms with Crippen LogP contribution in [0.15, 0.2) is 43.0 Å². The maximum Gasteiger partial charge on any atom is 0.225 e. The molecule has 1 saturated heterocycles. The molecular weight excluding hydrogens is 284 g/mol. The van der Waals surface area contributed by atoms with Crippen LogP contribution in [0.25, 0.3) is 0 Å². The first kappa shape index (κ1) is 17.7. The molecule has 1 unspecified atom stereocenters. The maximum atomic E-state index is 12.0. The van der Waals surface area contributed by atoms with Crippen LogP contribution in [-0.4, -0.2) is 41.9 Å². The van der Waals surface area contributed by atoms with E-state index in [1.54, 1.807) is 0 Å². The molecule has 1 aliphatic heterocycles. The van der Waals surface area contributed by atoms with Crippen LogP contribution in [-0.2, 0) is 4.79 Å². The van der Waals surface area contributed by atoms with Gasteiger partial charge in [0.25, 0.3) is 0 Å². The highest BCUT2D eigenvalue weighted by Crippen LogP contribution is 2.23. The summed E-state index contributed by atoms with van der Waals surface area (Å²) in [7, 11) is 0. The summed E-state index contributed by atoms with van der Waals surface area (Å²) in [4.78, 5) is 16.4. The molecule has 0 N–H and O–H groups in total. The first-order chi connectivity index (χ1) is 9.63. The van der Waals surface area contributed by atoms with Gasteiger partial charge in [0.15, 0.2) is 0 Å². The molecule has 0 spiro atoms. The number of piperazine rings is 1. The number of nitrogens with zero attached hydrogens (tertiary/aromatic N) is 2. The summed E-state index contributed by atoms with van der Waals surface area (Å²) in [6, 6.07) is 10.7. The minimum atomic E-state index is 0. The molecule has 21 heavy (non-hydrogen) atoms. The first-order valence-electron chi connectivity index (χ1n) is 7.34. The van der Waals surface area contributed by atoms with Gasteiger partial charge in [-0.3, -0.25) is 9.69 Å². The zero-order chi connectivity index (χ0) is 14.5. The van der Waals surface area contributed by atoms with Crippen LogP contribution in [0.1, 0.15) is 25.5 Å². The zero-order valence-corrected chi connectivity index (χ0v) is 13.7. The third kappa shape index (κ3) is 4.32. The van der Waals surface area contributed by atoms with Gasteiger partial charge in [0.2, 0.25) is 5.91 Å². The van der Waals surface area contributed by atoms with Crippen LogP contribution in [0.2, 0.25) is 0 Å². The quantitative estimate of drug-likeness (QED) is 0.798. The van der Waals surface area contributed by atoms with Gasteiger partial charge in [-0.05, 0) is 5.56 Å². The van der Waals surface area contributed by atoms with E-state index in [-0.39, 0.29) is 30.3 Å². The van der Waals surface area contributed by atoms with E-state index in [0.717, 1.165) is 26.2 Å². The van der Waals surface area contributed by atoms with Gasteiger partial charge in [0.1, 0.15) is 0 Å². The molecule has 0 radical (unpaired) electrons. The molecule has 2 rings (SSSR count). The van der Waals surface area contributed by atoms with E-state index in [1.807, 2.05) is 30.9 Å². The lowest BCUT2D eigenvalue weighted by Crippen LogP contribution is -2.50. The predicted molar refractivity (Wildman–Crippen MR) is 89.6 cm³/mol. The minimum absolute atomic E-state index is 0. The molecule has 1 aromatic carbocycles. The SMILES string of the molecule is C=CC(c1ccccc1)N1CCN(C(=O)C(C)C)CC1.Cl. The van der Waals surface area contributed by atoms with E-state index in [1.165, 1.54) is 5.56 Å². The van der Waals surface area contributed by atoms with Crippen LogP contribution in [0, 0.1) is 5.92 Å². The highest BCUT2D eigenvalue weighted by atomic mass is 35.5. The molecule has 0 aromatic heterocycles. The molecule has 1 aromatic rings. The highest BCUT2D eigenvalue weighted by molar-refractivity contribution is 5.85. The number of carbonyl (C=O) groups excluding carboxylic acids is 1. The summed E-state index contributed by atoms with van der Waals surface area (Å²) in [5.41, 5.74) is 1.27. The Balaban J connectivity index is 0.00000220. The second kappa shape index (κ2) is 8.20. The number of benzene rings is 1. The van der Waals surface area contributed by atoms with E-state index in [0.29, 0.717) is 0 Å². The van der Waals surface area contributed by atoms with Crippen molar-refractivity contribution in [2.24, 2.45) is 5.92 Å². The van der Waals surface area contributed by atoms with Crippen molar-refractivity contribution in [1.29, 1.82) is 0 Å². The zero-order valence-electron chi connectivity index (χ0n) is 12.9. The van der Waals surface area contributed by atoms with Gasteiger partial charge in [-0.15, -0.1) is 19.0 Å². The fraction of sp³-hybridized carbons (Fsp3) is 0.471. The second-order valence-corrected chi connectivity index (χ2v) is 5.61. The Labute approximate surface area is 134 Å². The van der Waals surface area contributed by atoms with Crippen molar-refractivity contribution in [3.05, 3.63) is 48.6 Å². The average molecular weight is 309 g/mol. The highest BCUT2D eigenvalue weighted by Gasteiger charge is 2.26. The van der Waals surface area contributed by atoms with Crippen molar-refractivity contribution in [3.63, 3.8) is 0 Å². The van der Waals surface area contributed by atoms with Gasteiger partial charge >= 0.3 is 0 Å². The topological polar surface area (TPSA) is 23.6 Å². The number of carbonyl (C=O) groups is 1. The minimum Gasteiger partial charge on any atom is -0.340 e. The second-order valence-electron chi connectivity index (χ2n) is 5.61. The monoisotopic (exact) mass is 308 g/mol. The Bertz CT molecular complexity index is 453. The lowest BCUT2D eigenvalue weighted by molar-refractivity contribution is -0.136. The smallest absolute Gasteiger partial charge is 0.225 e. The van der Waals surface area contributed by atoms with Gasteiger partial charge in [-0.1, -0.05) is 50.3 Å². The number of amides is 1. The van der Waals surface area contributed by atoms with Crippen LogP contribution in [0.3, 0.4) is 0 Å². The van der Waals surface area contributed by atoms with Gasteiger partial charge < -0.3 is 4.90 Å². The number of halogens is 1. The van der Waals surface area contributed by atoms with Crippen molar-refractivity contribution in [3.8, 4) is 0 Å². The van der Waals surface area contributed by atoms with E-state index in [9.17, 15) is 4.79 Å². The molecule has 1 fully saturated rings. The lowest BCUT2D eigenvalue weighted by Gasteiger charge is -2.39. The first-order valence-corrected chi connectivity index (χ1v) is 7.34. The normalized spacial score (nSPS) is 17.2. The van der Waals surface area contributed by atoms with Gasteiger partial charge in [0.05, 0.1) is 6.04 Å². The van der Waals surface area contributed by atoms with Crippen LogP contribution < -0.4 is 0 Å². The lowest BCUT2D eigenvalue weighted by atomic mass is 10.0. The fourth-order valence-electron chi connectivity index (χ4n) is 2.73. The van der Waals surface area contributed by atoms with E-state index in [2.05, 4.69) is 35.7 Å². The molecule has 4 heteroatoms.